The van der Waals surface area contributed by atoms with E-state index in [-0.39, 0.29) is 10.8 Å². The van der Waals surface area contributed by atoms with Crippen LogP contribution in [0.3, 0.4) is 0 Å². The second-order valence-electron chi connectivity index (χ2n) is 18.3. The summed E-state index contributed by atoms with van der Waals surface area (Å²) in [6, 6.07) is 63.1. The van der Waals surface area contributed by atoms with Crippen LogP contribution in [0.1, 0.15) is 52.7 Å². The SMILES string of the molecule is CC(C)(C)c1ccc2c(c1)c1cc(C(C)(C)C)ccc1n2-c1cccc(-c2cc(N3c4ccccc4Oc4ccccc43)ccc2N2c3ccccc3Oc3ccccc32)c1. The normalized spacial score (nSPS) is 13.3. The number of rotatable bonds is 4. The third-order valence-electron chi connectivity index (χ3n) is 12.3. The number of para-hydroxylation sites is 8. The van der Waals surface area contributed by atoms with Gasteiger partial charge in [-0.3, -0.25) is 0 Å². The molecule has 0 radical (unpaired) electrons. The molecule has 0 saturated heterocycles. The van der Waals surface area contributed by atoms with E-state index in [1.807, 2.05) is 48.5 Å². The van der Waals surface area contributed by atoms with E-state index in [4.69, 9.17) is 9.47 Å². The van der Waals surface area contributed by atoms with Gasteiger partial charge in [0.05, 0.1) is 39.5 Å². The molecule has 0 bridgehead atoms. The Morgan fingerprint density at radius 1 is 0.361 bits per heavy atom. The molecule has 61 heavy (non-hydrogen) atoms. The average molecular weight is 794 g/mol. The van der Waals surface area contributed by atoms with Crippen LogP contribution in [0.25, 0.3) is 38.6 Å². The number of anilines is 6. The molecule has 0 atom stereocenters. The topological polar surface area (TPSA) is 29.9 Å². The monoisotopic (exact) mass is 793 g/mol. The van der Waals surface area contributed by atoms with E-state index >= 15 is 0 Å². The Morgan fingerprint density at radius 2 is 0.820 bits per heavy atom. The summed E-state index contributed by atoms with van der Waals surface area (Å²) in [7, 11) is 0. The first-order valence-corrected chi connectivity index (χ1v) is 21.2. The van der Waals surface area contributed by atoms with Gasteiger partial charge < -0.3 is 23.8 Å². The molecule has 298 valence electrons. The molecule has 0 saturated carbocycles. The molecule has 0 fully saturated rings. The predicted octanol–water partition coefficient (Wildman–Crippen LogP) is 16.2. The molecule has 5 heteroatoms. The second kappa shape index (κ2) is 13.7. The lowest BCUT2D eigenvalue weighted by Crippen LogP contribution is -2.18. The number of hydrogen-bond acceptors (Lipinski definition) is 4. The van der Waals surface area contributed by atoms with Gasteiger partial charge in [-0.1, -0.05) is 114 Å². The van der Waals surface area contributed by atoms with Crippen molar-refractivity contribution < 1.29 is 9.47 Å². The molecule has 5 nitrogen and oxygen atoms in total. The Hall–Kier alpha value is -7.24. The summed E-state index contributed by atoms with van der Waals surface area (Å²) in [6.07, 6.45) is 0. The molecule has 2 aliphatic heterocycles. The van der Waals surface area contributed by atoms with Crippen LogP contribution in [0.4, 0.5) is 34.1 Å². The lowest BCUT2D eigenvalue weighted by atomic mass is 9.85. The van der Waals surface area contributed by atoms with Gasteiger partial charge in [0.2, 0.25) is 0 Å². The van der Waals surface area contributed by atoms with Crippen LogP contribution < -0.4 is 19.3 Å². The summed E-state index contributed by atoms with van der Waals surface area (Å²) in [5.74, 6) is 3.27. The third-order valence-corrected chi connectivity index (χ3v) is 12.3. The van der Waals surface area contributed by atoms with Gasteiger partial charge in [-0.25, -0.2) is 0 Å². The molecule has 1 aromatic heterocycles. The smallest absolute Gasteiger partial charge is 0.151 e. The zero-order valence-electron chi connectivity index (χ0n) is 35.4. The number of ether oxygens (including phenoxy) is 2. The number of hydrogen-bond donors (Lipinski definition) is 0. The van der Waals surface area contributed by atoms with Gasteiger partial charge in [-0.2, -0.15) is 0 Å². The molecule has 0 aliphatic carbocycles. The van der Waals surface area contributed by atoms with Crippen molar-refractivity contribution in [3.05, 3.63) is 187 Å². The first-order chi connectivity index (χ1) is 29.5. The zero-order valence-corrected chi connectivity index (χ0v) is 35.4. The lowest BCUT2D eigenvalue weighted by molar-refractivity contribution is 0.476. The Balaban J connectivity index is 1.17. The quantitative estimate of drug-likeness (QED) is 0.178. The van der Waals surface area contributed by atoms with E-state index < -0.39 is 0 Å². The van der Waals surface area contributed by atoms with Gasteiger partial charge >= 0.3 is 0 Å². The molecule has 2 aliphatic rings. The fourth-order valence-corrected chi connectivity index (χ4v) is 9.08. The number of fused-ring (bicyclic) bond motifs is 7. The van der Waals surface area contributed by atoms with Gasteiger partial charge in [0, 0.05) is 27.7 Å². The van der Waals surface area contributed by atoms with Crippen molar-refractivity contribution in [2.45, 2.75) is 52.4 Å². The first-order valence-electron chi connectivity index (χ1n) is 21.2. The highest BCUT2D eigenvalue weighted by Gasteiger charge is 2.30. The molecule has 0 N–H and O–H groups in total. The molecule has 0 unspecified atom stereocenters. The fraction of sp³-hybridized carbons (Fsp3) is 0.143. The number of benzene rings is 8. The Kier molecular flexibility index (Phi) is 8.24. The molecule has 0 spiro atoms. The first kappa shape index (κ1) is 36.8. The highest BCUT2D eigenvalue weighted by molar-refractivity contribution is 6.10. The minimum atomic E-state index is 0.0177. The van der Waals surface area contributed by atoms with Gasteiger partial charge in [-0.05, 0) is 131 Å². The summed E-state index contributed by atoms with van der Waals surface area (Å²) < 4.78 is 15.4. The van der Waals surface area contributed by atoms with Crippen LogP contribution in [0, 0.1) is 0 Å². The summed E-state index contributed by atoms with van der Waals surface area (Å²) in [4.78, 5) is 4.67. The minimum Gasteiger partial charge on any atom is -0.453 e. The van der Waals surface area contributed by atoms with E-state index in [1.165, 1.54) is 32.9 Å². The van der Waals surface area contributed by atoms with E-state index in [2.05, 4.69) is 183 Å². The van der Waals surface area contributed by atoms with Crippen LogP contribution >= 0.6 is 0 Å². The zero-order chi connectivity index (χ0) is 41.6. The fourth-order valence-electron chi connectivity index (χ4n) is 9.08. The van der Waals surface area contributed by atoms with Crippen molar-refractivity contribution in [2.24, 2.45) is 0 Å². The second-order valence-corrected chi connectivity index (χ2v) is 18.3. The van der Waals surface area contributed by atoms with E-state index in [9.17, 15) is 0 Å². The van der Waals surface area contributed by atoms with Gasteiger partial charge in [-0.15, -0.1) is 0 Å². The molecule has 8 aromatic carbocycles. The van der Waals surface area contributed by atoms with E-state index in [0.29, 0.717) is 0 Å². The van der Waals surface area contributed by atoms with Crippen LogP contribution in [-0.2, 0) is 10.8 Å². The highest BCUT2D eigenvalue weighted by Crippen LogP contribution is 2.55. The standard InChI is InChI=1S/C56H47N3O2/c1-55(2,3)37-26-29-45-42(33-37)43-34-38(56(4,5)6)27-30-46(43)57(45)39-17-15-16-36(32-39)41-35-40(58-47-18-7-11-22-51(47)60-52-23-12-8-19-48(52)58)28-31-44(41)59-49-20-9-13-24-53(49)61-54-25-14-10-21-50(54)59/h7-35H,1-6H3. The van der Waals surface area contributed by atoms with Crippen molar-refractivity contribution in [2.75, 3.05) is 9.80 Å². The highest BCUT2D eigenvalue weighted by atomic mass is 16.5. The average Bonchev–Trinajstić information content (AvgIpc) is 3.60. The summed E-state index contributed by atoms with van der Waals surface area (Å²) in [5, 5.41) is 2.54. The maximum absolute atomic E-state index is 6.51. The van der Waals surface area contributed by atoms with Crippen molar-refractivity contribution >= 4 is 55.9 Å². The van der Waals surface area contributed by atoms with Crippen LogP contribution in [0.15, 0.2) is 176 Å². The van der Waals surface area contributed by atoms with Crippen molar-refractivity contribution in [1.29, 1.82) is 0 Å². The maximum Gasteiger partial charge on any atom is 0.151 e. The molecule has 0 amide bonds. The van der Waals surface area contributed by atoms with Crippen LogP contribution in [0.5, 0.6) is 23.0 Å². The molecular formula is C56H47N3O2. The van der Waals surface area contributed by atoms with Crippen LogP contribution in [-0.4, -0.2) is 4.57 Å². The van der Waals surface area contributed by atoms with Crippen LogP contribution in [0.2, 0.25) is 0 Å². The van der Waals surface area contributed by atoms with Crippen molar-refractivity contribution in [3.8, 4) is 39.8 Å². The van der Waals surface area contributed by atoms with Gasteiger partial charge in [0.15, 0.2) is 23.0 Å². The summed E-state index contributed by atoms with van der Waals surface area (Å²) in [6.45, 7) is 13.8. The lowest BCUT2D eigenvalue weighted by Gasteiger charge is -2.36. The number of nitrogens with zero attached hydrogens (tertiary/aromatic N) is 3. The molecule has 9 aromatic rings. The van der Waals surface area contributed by atoms with Gasteiger partial charge in [0.25, 0.3) is 0 Å². The van der Waals surface area contributed by atoms with Crippen molar-refractivity contribution in [3.63, 3.8) is 0 Å². The third kappa shape index (κ3) is 6.06. The van der Waals surface area contributed by atoms with Gasteiger partial charge in [0.1, 0.15) is 0 Å². The minimum absolute atomic E-state index is 0.0177. The maximum atomic E-state index is 6.51. The molecule has 11 rings (SSSR count). The Bertz CT molecular complexity index is 3040. The van der Waals surface area contributed by atoms with Crippen molar-refractivity contribution in [1.82, 2.24) is 4.57 Å². The summed E-state index contributed by atoms with van der Waals surface area (Å²) in [5.41, 5.74) is 14.4. The summed E-state index contributed by atoms with van der Waals surface area (Å²) >= 11 is 0. The van der Waals surface area contributed by atoms with E-state index in [0.717, 1.165) is 73.9 Å². The Morgan fingerprint density at radius 3 is 1.30 bits per heavy atom. The molecular weight excluding hydrogens is 747 g/mol. The molecule has 3 heterocycles. The Labute approximate surface area is 357 Å². The predicted molar refractivity (Wildman–Crippen MR) is 253 cm³/mol. The largest absolute Gasteiger partial charge is 0.453 e. The number of aromatic nitrogens is 1. The van der Waals surface area contributed by atoms with E-state index in [1.54, 1.807) is 0 Å².